The van der Waals surface area contributed by atoms with Crippen LogP contribution >= 0.6 is 39.0 Å². The Kier molecular flexibility index (Phi) is 4.94. The van der Waals surface area contributed by atoms with Crippen LogP contribution in [0.2, 0.25) is 0 Å². The van der Waals surface area contributed by atoms with E-state index in [0.717, 1.165) is 11.3 Å². The molecule has 0 bridgehead atoms. The highest BCUT2D eigenvalue weighted by Gasteiger charge is 2.27. The summed E-state index contributed by atoms with van der Waals surface area (Å²) in [7, 11) is 0. The maximum Gasteiger partial charge on any atom is 0.0704 e. The lowest BCUT2D eigenvalue weighted by molar-refractivity contribution is 0.327. The summed E-state index contributed by atoms with van der Waals surface area (Å²) in [4.78, 5) is 1.60. The maximum absolute atomic E-state index is 3.96. The Labute approximate surface area is 133 Å². The van der Waals surface area contributed by atoms with Crippen molar-refractivity contribution in [3.05, 3.63) is 20.3 Å². The van der Waals surface area contributed by atoms with Gasteiger partial charge in [0.2, 0.25) is 0 Å². The lowest BCUT2D eigenvalue weighted by atomic mass is 9.90. The van der Waals surface area contributed by atoms with E-state index >= 15 is 0 Å². The number of halogens is 1. The number of aryl methyl sites for hydroxylation is 1. The first kappa shape index (κ1) is 14.4. The number of thiophene rings is 1. The molecular weight excluding hydrogens is 338 g/mol. The molecule has 1 saturated carbocycles. The van der Waals surface area contributed by atoms with E-state index in [4.69, 9.17) is 0 Å². The summed E-state index contributed by atoms with van der Waals surface area (Å²) in [6.45, 7) is 0. The Morgan fingerprint density at radius 2 is 2.21 bits per heavy atom. The summed E-state index contributed by atoms with van der Waals surface area (Å²) in [5.41, 5.74) is 1.58. The quantitative estimate of drug-likeness (QED) is 0.800. The summed E-state index contributed by atoms with van der Waals surface area (Å²) in [6, 6.07) is 3.70. The fraction of sp³-hybridized carbons (Fsp3) is 0.733. The van der Waals surface area contributed by atoms with Crippen molar-refractivity contribution in [2.45, 2.75) is 62.3 Å². The Morgan fingerprint density at radius 3 is 3.05 bits per heavy atom. The van der Waals surface area contributed by atoms with E-state index in [0.29, 0.717) is 6.04 Å². The van der Waals surface area contributed by atoms with Gasteiger partial charge in [-0.1, -0.05) is 6.42 Å². The van der Waals surface area contributed by atoms with Crippen molar-refractivity contribution in [3.63, 3.8) is 0 Å². The molecule has 0 aliphatic heterocycles. The average Bonchev–Trinajstić information content (AvgIpc) is 2.80. The molecule has 2 aliphatic rings. The monoisotopic (exact) mass is 359 g/mol. The SMILES string of the molecule is CSC1CCCC(NC2CCCc3sc(Br)cc32)C1. The number of nitrogens with one attached hydrogen (secondary N) is 1. The van der Waals surface area contributed by atoms with Gasteiger partial charge in [0, 0.05) is 22.2 Å². The summed E-state index contributed by atoms with van der Waals surface area (Å²) in [5, 5.41) is 4.84. The molecule has 3 atom stereocenters. The zero-order valence-electron chi connectivity index (χ0n) is 11.5. The highest BCUT2D eigenvalue weighted by molar-refractivity contribution is 9.11. The van der Waals surface area contributed by atoms with Crippen molar-refractivity contribution in [2.24, 2.45) is 0 Å². The molecular formula is C15H22BrNS2. The summed E-state index contributed by atoms with van der Waals surface area (Å²) < 4.78 is 1.30. The van der Waals surface area contributed by atoms with Crippen molar-refractivity contribution in [1.29, 1.82) is 0 Å². The minimum Gasteiger partial charge on any atom is -0.307 e. The number of hydrogen-bond donors (Lipinski definition) is 1. The molecule has 0 saturated heterocycles. The second-order valence-electron chi connectivity index (χ2n) is 5.76. The molecule has 106 valence electrons. The van der Waals surface area contributed by atoms with E-state index in [9.17, 15) is 0 Å². The first-order valence-corrected chi connectivity index (χ1v) is 10.2. The Bertz CT molecular complexity index is 432. The van der Waals surface area contributed by atoms with E-state index in [-0.39, 0.29) is 0 Å². The molecule has 1 heterocycles. The second kappa shape index (κ2) is 6.50. The second-order valence-corrected chi connectivity index (χ2v) is 9.42. The normalized spacial score (nSPS) is 31.2. The van der Waals surface area contributed by atoms with E-state index in [2.05, 4.69) is 45.3 Å². The van der Waals surface area contributed by atoms with Gasteiger partial charge >= 0.3 is 0 Å². The van der Waals surface area contributed by atoms with Crippen molar-refractivity contribution in [1.82, 2.24) is 5.32 Å². The van der Waals surface area contributed by atoms with Gasteiger partial charge in [0.05, 0.1) is 3.79 Å². The molecule has 0 amide bonds. The third kappa shape index (κ3) is 3.39. The molecule has 1 N–H and O–H groups in total. The van der Waals surface area contributed by atoms with Crippen molar-refractivity contribution in [2.75, 3.05) is 6.26 Å². The standard InChI is InChI=1S/C15H22BrNS2/c1-18-11-5-2-4-10(8-11)17-13-6-3-7-14-12(13)9-15(16)19-14/h9-11,13,17H,2-8H2,1H3. The zero-order chi connectivity index (χ0) is 13.2. The molecule has 2 aliphatic carbocycles. The van der Waals surface area contributed by atoms with E-state index < -0.39 is 0 Å². The fourth-order valence-electron chi connectivity index (χ4n) is 3.49. The Balaban J connectivity index is 1.67. The van der Waals surface area contributed by atoms with Crippen LogP contribution in [0.4, 0.5) is 0 Å². The van der Waals surface area contributed by atoms with Crippen molar-refractivity contribution >= 4 is 39.0 Å². The molecule has 3 unspecified atom stereocenters. The lowest BCUT2D eigenvalue weighted by Crippen LogP contribution is -2.38. The number of rotatable bonds is 3. The molecule has 1 aromatic heterocycles. The molecule has 1 fully saturated rings. The van der Waals surface area contributed by atoms with Gasteiger partial charge in [-0.2, -0.15) is 11.8 Å². The van der Waals surface area contributed by atoms with Gasteiger partial charge in [-0.15, -0.1) is 11.3 Å². The first-order valence-electron chi connectivity index (χ1n) is 7.33. The van der Waals surface area contributed by atoms with E-state index in [1.807, 2.05) is 11.3 Å². The van der Waals surface area contributed by atoms with Gasteiger partial charge in [-0.05, 0) is 72.3 Å². The van der Waals surface area contributed by atoms with Gasteiger partial charge in [-0.25, -0.2) is 0 Å². The molecule has 0 spiro atoms. The van der Waals surface area contributed by atoms with Crippen LogP contribution in [0.5, 0.6) is 0 Å². The van der Waals surface area contributed by atoms with Crippen LogP contribution < -0.4 is 5.32 Å². The summed E-state index contributed by atoms with van der Waals surface area (Å²) in [5.74, 6) is 0. The van der Waals surface area contributed by atoms with Crippen LogP contribution in [0.15, 0.2) is 9.85 Å². The minimum absolute atomic E-state index is 0.608. The fourth-order valence-corrected chi connectivity index (χ4v) is 6.14. The predicted octanol–water partition coefficient (Wildman–Crippen LogP) is 5.15. The largest absolute Gasteiger partial charge is 0.307 e. The molecule has 3 rings (SSSR count). The zero-order valence-corrected chi connectivity index (χ0v) is 14.7. The number of thioether (sulfide) groups is 1. The van der Waals surface area contributed by atoms with Gasteiger partial charge in [0.25, 0.3) is 0 Å². The van der Waals surface area contributed by atoms with Crippen LogP contribution in [0.1, 0.15) is 55.0 Å². The average molecular weight is 360 g/mol. The highest BCUT2D eigenvalue weighted by atomic mass is 79.9. The van der Waals surface area contributed by atoms with E-state index in [1.165, 1.54) is 48.7 Å². The molecule has 1 nitrogen and oxygen atoms in total. The number of fused-ring (bicyclic) bond motifs is 1. The summed E-state index contributed by atoms with van der Waals surface area (Å²) in [6.07, 6.45) is 11.7. The minimum atomic E-state index is 0.608. The smallest absolute Gasteiger partial charge is 0.0704 e. The van der Waals surface area contributed by atoms with Crippen molar-refractivity contribution in [3.8, 4) is 0 Å². The Morgan fingerprint density at radius 1 is 1.32 bits per heavy atom. The molecule has 19 heavy (non-hydrogen) atoms. The highest BCUT2D eigenvalue weighted by Crippen LogP contribution is 2.39. The Hall–Kier alpha value is 0.490. The molecule has 0 aromatic carbocycles. The van der Waals surface area contributed by atoms with Crippen LogP contribution in [0.3, 0.4) is 0 Å². The van der Waals surface area contributed by atoms with Crippen LogP contribution in [-0.4, -0.2) is 17.5 Å². The van der Waals surface area contributed by atoms with Gasteiger partial charge in [0.15, 0.2) is 0 Å². The molecule has 4 heteroatoms. The van der Waals surface area contributed by atoms with Crippen LogP contribution in [-0.2, 0) is 6.42 Å². The van der Waals surface area contributed by atoms with Gasteiger partial charge < -0.3 is 5.32 Å². The van der Waals surface area contributed by atoms with Crippen molar-refractivity contribution < 1.29 is 0 Å². The molecule has 0 radical (unpaired) electrons. The predicted molar refractivity (Wildman–Crippen MR) is 90.4 cm³/mol. The third-order valence-electron chi connectivity index (χ3n) is 4.48. The summed E-state index contributed by atoms with van der Waals surface area (Å²) >= 11 is 7.64. The van der Waals surface area contributed by atoms with E-state index in [1.54, 1.807) is 10.4 Å². The van der Waals surface area contributed by atoms with Gasteiger partial charge in [-0.3, -0.25) is 0 Å². The number of hydrogen-bond acceptors (Lipinski definition) is 3. The maximum atomic E-state index is 3.96. The third-order valence-corrected chi connectivity index (χ3v) is 7.29. The van der Waals surface area contributed by atoms with Crippen LogP contribution in [0.25, 0.3) is 0 Å². The van der Waals surface area contributed by atoms with Crippen LogP contribution in [0, 0.1) is 0 Å². The van der Waals surface area contributed by atoms with Gasteiger partial charge in [0.1, 0.15) is 0 Å². The molecule has 1 aromatic rings. The topological polar surface area (TPSA) is 12.0 Å². The first-order chi connectivity index (χ1) is 9.26. The lowest BCUT2D eigenvalue weighted by Gasteiger charge is -2.33.